The molecule has 172 valence electrons. The van der Waals surface area contributed by atoms with Gasteiger partial charge in [0.05, 0.1) is 12.0 Å². The molecule has 0 saturated heterocycles. The van der Waals surface area contributed by atoms with Crippen molar-refractivity contribution >= 4 is 21.9 Å². The molecule has 0 radical (unpaired) electrons. The molecular weight excluding hydrogens is 430 g/mol. The molecular formula is C24H29NO6S. The minimum absolute atomic E-state index is 0.0226. The fourth-order valence-corrected chi connectivity index (χ4v) is 4.16. The first-order valence-electron chi connectivity index (χ1n) is 10.1. The first kappa shape index (κ1) is 25.1. The van der Waals surface area contributed by atoms with Crippen LogP contribution in [0.25, 0.3) is 0 Å². The second kappa shape index (κ2) is 11.5. The standard InChI is InChI=1S/C24H29NO6S/c1-18-7-11-21(12-8-18)16-25(20(3)6-5-15-31-24(27)30-4)23(26)17-32(28,29)22-13-9-19(2)10-14-22/h5-14,20H,15-17H2,1-4H3/b6-5+/t20-/m0/s1. The molecule has 0 aliphatic rings. The maximum Gasteiger partial charge on any atom is 0.508 e. The molecule has 0 aliphatic heterocycles. The number of aryl methyl sites for hydroxylation is 2. The maximum absolute atomic E-state index is 13.1. The van der Waals surface area contributed by atoms with Crippen molar-refractivity contribution in [3.8, 4) is 0 Å². The number of carbonyl (C=O) groups is 2. The van der Waals surface area contributed by atoms with Crippen LogP contribution in [0.5, 0.6) is 0 Å². The lowest BCUT2D eigenvalue weighted by Crippen LogP contribution is -2.40. The Kier molecular flexibility index (Phi) is 9.02. The van der Waals surface area contributed by atoms with Gasteiger partial charge in [-0.05, 0) is 44.5 Å². The topological polar surface area (TPSA) is 90.0 Å². The van der Waals surface area contributed by atoms with E-state index in [-0.39, 0.29) is 18.0 Å². The number of sulfone groups is 1. The third-order valence-corrected chi connectivity index (χ3v) is 6.48. The van der Waals surface area contributed by atoms with Gasteiger partial charge in [0, 0.05) is 12.6 Å². The van der Waals surface area contributed by atoms with E-state index >= 15 is 0 Å². The molecule has 0 spiro atoms. The number of rotatable bonds is 9. The molecule has 32 heavy (non-hydrogen) atoms. The number of nitrogens with zero attached hydrogens (tertiary/aromatic N) is 1. The highest BCUT2D eigenvalue weighted by atomic mass is 32.2. The number of carbonyl (C=O) groups excluding carboxylic acids is 2. The van der Waals surface area contributed by atoms with Crippen LogP contribution in [0, 0.1) is 13.8 Å². The van der Waals surface area contributed by atoms with Gasteiger partial charge in [0.2, 0.25) is 5.91 Å². The van der Waals surface area contributed by atoms with Gasteiger partial charge in [-0.15, -0.1) is 0 Å². The van der Waals surface area contributed by atoms with E-state index in [0.29, 0.717) is 0 Å². The third-order valence-electron chi connectivity index (χ3n) is 4.86. The minimum atomic E-state index is -3.79. The van der Waals surface area contributed by atoms with Gasteiger partial charge in [-0.25, -0.2) is 13.2 Å². The molecule has 0 bridgehead atoms. The van der Waals surface area contributed by atoms with Crippen molar-refractivity contribution in [2.75, 3.05) is 19.5 Å². The van der Waals surface area contributed by atoms with Gasteiger partial charge >= 0.3 is 6.16 Å². The van der Waals surface area contributed by atoms with E-state index in [2.05, 4.69) is 4.74 Å². The van der Waals surface area contributed by atoms with Crippen LogP contribution in [-0.4, -0.2) is 50.9 Å². The van der Waals surface area contributed by atoms with E-state index in [1.165, 1.54) is 24.1 Å². The zero-order valence-corrected chi connectivity index (χ0v) is 19.6. The minimum Gasteiger partial charge on any atom is -0.438 e. The predicted octanol–water partition coefficient (Wildman–Crippen LogP) is 3.83. The van der Waals surface area contributed by atoms with Crippen molar-refractivity contribution < 1.29 is 27.5 Å². The average molecular weight is 460 g/mol. The summed E-state index contributed by atoms with van der Waals surface area (Å²) < 4.78 is 34.8. The van der Waals surface area contributed by atoms with Crippen LogP contribution in [0.3, 0.4) is 0 Å². The van der Waals surface area contributed by atoms with Gasteiger partial charge < -0.3 is 14.4 Å². The smallest absolute Gasteiger partial charge is 0.438 e. The Bertz CT molecular complexity index is 1040. The van der Waals surface area contributed by atoms with E-state index in [1.54, 1.807) is 31.2 Å². The Morgan fingerprint density at radius 1 is 1.00 bits per heavy atom. The van der Waals surface area contributed by atoms with Crippen molar-refractivity contribution in [1.82, 2.24) is 4.90 Å². The van der Waals surface area contributed by atoms with Crippen LogP contribution < -0.4 is 0 Å². The van der Waals surface area contributed by atoms with Crippen LogP contribution in [0.4, 0.5) is 4.79 Å². The summed E-state index contributed by atoms with van der Waals surface area (Å²) in [4.78, 5) is 25.8. The van der Waals surface area contributed by atoms with Crippen LogP contribution in [-0.2, 0) is 30.7 Å². The Balaban J connectivity index is 2.20. The summed E-state index contributed by atoms with van der Waals surface area (Å²) in [7, 11) is -2.58. The fraction of sp³-hybridized carbons (Fsp3) is 0.333. The molecule has 0 aliphatic carbocycles. The van der Waals surface area contributed by atoms with Crippen molar-refractivity contribution in [1.29, 1.82) is 0 Å². The van der Waals surface area contributed by atoms with Crippen molar-refractivity contribution in [3.63, 3.8) is 0 Å². The average Bonchev–Trinajstić information content (AvgIpc) is 2.75. The van der Waals surface area contributed by atoms with Gasteiger partial charge in [-0.3, -0.25) is 4.79 Å². The van der Waals surface area contributed by atoms with Crippen LogP contribution in [0.2, 0.25) is 0 Å². The monoisotopic (exact) mass is 459 g/mol. The van der Waals surface area contributed by atoms with E-state index < -0.39 is 33.7 Å². The van der Waals surface area contributed by atoms with Crippen molar-refractivity contribution in [2.24, 2.45) is 0 Å². The zero-order chi connectivity index (χ0) is 23.7. The van der Waals surface area contributed by atoms with E-state index in [0.717, 1.165) is 16.7 Å². The van der Waals surface area contributed by atoms with Gasteiger partial charge in [-0.2, -0.15) is 0 Å². The molecule has 0 saturated carbocycles. The quantitative estimate of drug-likeness (QED) is 0.418. The molecule has 0 fully saturated rings. The molecule has 8 heteroatoms. The fourth-order valence-electron chi connectivity index (χ4n) is 2.96. The molecule has 0 N–H and O–H groups in total. The highest BCUT2D eigenvalue weighted by molar-refractivity contribution is 7.92. The number of methoxy groups -OCH3 is 1. The highest BCUT2D eigenvalue weighted by Gasteiger charge is 2.26. The summed E-state index contributed by atoms with van der Waals surface area (Å²) in [5, 5.41) is 0. The molecule has 2 aromatic carbocycles. The summed E-state index contributed by atoms with van der Waals surface area (Å²) in [6.45, 7) is 5.83. The second-order valence-corrected chi connectivity index (χ2v) is 9.50. The van der Waals surface area contributed by atoms with Gasteiger partial charge in [0.25, 0.3) is 0 Å². The number of amides is 1. The summed E-state index contributed by atoms with van der Waals surface area (Å²) in [5.41, 5.74) is 2.90. The highest BCUT2D eigenvalue weighted by Crippen LogP contribution is 2.16. The van der Waals surface area contributed by atoms with Gasteiger partial charge in [0.1, 0.15) is 12.4 Å². The number of ether oxygens (including phenoxy) is 2. The number of hydrogen-bond donors (Lipinski definition) is 0. The third kappa shape index (κ3) is 7.53. The van der Waals surface area contributed by atoms with Crippen molar-refractivity contribution in [2.45, 2.75) is 38.3 Å². The normalized spacial score (nSPS) is 12.4. The zero-order valence-electron chi connectivity index (χ0n) is 18.8. The van der Waals surface area contributed by atoms with Gasteiger partial charge in [0.15, 0.2) is 9.84 Å². The van der Waals surface area contributed by atoms with Crippen molar-refractivity contribution in [3.05, 3.63) is 77.4 Å². The second-order valence-electron chi connectivity index (χ2n) is 7.51. The molecule has 1 atom stereocenters. The molecule has 0 heterocycles. The lowest BCUT2D eigenvalue weighted by Gasteiger charge is -2.28. The molecule has 0 unspecified atom stereocenters. The predicted molar refractivity (Wildman–Crippen MR) is 122 cm³/mol. The summed E-state index contributed by atoms with van der Waals surface area (Å²) in [6, 6.07) is 13.7. The molecule has 2 rings (SSSR count). The molecule has 2 aromatic rings. The Hall–Kier alpha value is -3.13. The SMILES string of the molecule is COC(=O)OC/C=C/[C@H](C)N(Cc1ccc(C)cc1)C(=O)CS(=O)(=O)c1ccc(C)cc1. The summed E-state index contributed by atoms with van der Waals surface area (Å²) in [6.07, 6.45) is 2.47. The molecule has 1 amide bonds. The summed E-state index contributed by atoms with van der Waals surface area (Å²) in [5.74, 6) is -1.16. The number of benzene rings is 2. The van der Waals surface area contributed by atoms with E-state index in [4.69, 9.17) is 4.74 Å². The van der Waals surface area contributed by atoms with Crippen LogP contribution in [0.15, 0.2) is 65.6 Å². The largest absolute Gasteiger partial charge is 0.508 e. The Morgan fingerprint density at radius 2 is 1.56 bits per heavy atom. The van der Waals surface area contributed by atoms with Crippen LogP contribution in [0.1, 0.15) is 23.6 Å². The lowest BCUT2D eigenvalue weighted by molar-refractivity contribution is -0.130. The van der Waals surface area contributed by atoms with Gasteiger partial charge in [-0.1, -0.05) is 53.6 Å². The van der Waals surface area contributed by atoms with E-state index in [1.807, 2.05) is 38.1 Å². The first-order chi connectivity index (χ1) is 15.1. The van der Waals surface area contributed by atoms with E-state index in [9.17, 15) is 18.0 Å². The number of hydrogen-bond acceptors (Lipinski definition) is 6. The lowest BCUT2D eigenvalue weighted by atomic mass is 10.1. The first-order valence-corrected chi connectivity index (χ1v) is 11.8. The molecule has 7 nitrogen and oxygen atoms in total. The Labute approximate surface area is 189 Å². The summed E-state index contributed by atoms with van der Waals surface area (Å²) >= 11 is 0. The molecule has 0 aromatic heterocycles. The van der Waals surface area contributed by atoms with Crippen LogP contribution >= 0.6 is 0 Å². The maximum atomic E-state index is 13.1. The Morgan fingerprint density at radius 3 is 2.12 bits per heavy atom.